The van der Waals surface area contributed by atoms with Gasteiger partial charge in [0, 0.05) is 9.99 Å². The number of H-pyrrole nitrogens is 1. The van der Waals surface area contributed by atoms with Gasteiger partial charge in [0.05, 0.1) is 12.8 Å². The average Bonchev–Trinajstić information content (AvgIpc) is 2.81. The topological polar surface area (TPSA) is 55.0 Å². The molecule has 0 saturated heterocycles. The third-order valence-electron chi connectivity index (χ3n) is 2.44. The standard InChI is InChI=1S/C13H13IN2O2/c1-2-18-13(17)11-8-15-12(16-11)7-9-5-3-4-6-10(9)14/h3-6,8H,2,7H2,1H3,(H,15,16). The van der Waals surface area contributed by atoms with Crippen molar-refractivity contribution < 1.29 is 9.53 Å². The summed E-state index contributed by atoms with van der Waals surface area (Å²) in [6.07, 6.45) is 2.20. The van der Waals surface area contributed by atoms with Crippen LogP contribution in [0.1, 0.15) is 28.8 Å². The molecule has 94 valence electrons. The Hall–Kier alpha value is -1.37. The molecule has 0 aliphatic heterocycles. The van der Waals surface area contributed by atoms with Crippen molar-refractivity contribution in [1.29, 1.82) is 0 Å². The van der Waals surface area contributed by atoms with E-state index in [4.69, 9.17) is 4.74 Å². The molecule has 4 nitrogen and oxygen atoms in total. The minimum atomic E-state index is -0.362. The molecule has 0 aliphatic rings. The Morgan fingerprint density at radius 1 is 1.44 bits per heavy atom. The number of carbonyl (C=O) groups is 1. The van der Waals surface area contributed by atoms with Crippen LogP contribution in [0.5, 0.6) is 0 Å². The van der Waals surface area contributed by atoms with Gasteiger partial charge >= 0.3 is 5.97 Å². The molecule has 0 amide bonds. The molecule has 0 aliphatic carbocycles. The zero-order valence-corrected chi connectivity index (χ0v) is 12.1. The summed E-state index contributed by atoms with van der Waals surface area (Å²) in [5, 5.41) is 0. The van der Waals surface area contributed by atoms with Crippen LogP contribution in [0, 0.1) is 3.57 Å². The Morgan fingerprint density at radius 2 is 2.22 bits per heavy atom. The number of halogens is 1. The van der Waals surface area contributed by atoms with Crippen molar-refractivity contribution in [2.75, 3.05) is 6.61 Å². The molecule has 18 heavy (non-hydrogen) atoms. The van der Waals surface area contributed by atoms with Crippen LogP contribution < -0.4 is 0 Å². The molecule has 0 bridgehead atoms. The lowest BCUT2D eigenvalue weighted by Crippen LogP contribution is -2.05. The van der Waals surface area contributed by atoms with Gasteiger partial charge < -0.3 is 9.72 Å². The van der Waals surface area contributed by atoms with E-state index in [1.165, 1.54) is 15.3 Å². The summed E-state index contributed by atoms with van der Waals surface area (Å²) in [6, 6.07) is 8.09. The van der Waals surface area contributed by atoms with Gasteiger partial charge in [-0.3, -0.25) is 0 Å². The average molecular weight is 356 g/mol. The molecular weight excluding hydrogens is 343 g/mol. The molecule has 1 N–H and O–H groups in total. The minimum Gasteiger partial charge on any atom is -0.461 e. The molecule has 1 aromatic carbocycles. The highest BCUT2D eigenvalue weighted by Gasteiger charge is 2.11. The fourth-order valence-corrected chi connectivity index (χ4v) is 2.17. The number of hydrogen-bond acceptors (Lipinski definition) is 3. The molecule has 0 fully saturated rings. The predicted octanol–water partition coefficient (Wildman–Crippen LogP) is 2.78. The van der Waals surface area contributed by atoms with Crippen LogP contribution in [-0.4, -0.2) is 22.5 Å². The lowest BCUT2D eigenvalue weighted by molar-refractivity contribution is 0.0520. The highest BCUT2D eigenvalue weighted by atomic mass is 127. The second kappa shape index (κ2) is 5.99. The van der Waals surface area contributed by atoms with Crippen molar-refractivity contribution in [3.63, 3.8) is 0 Å². The van der Waals surface area contributed by atoms with E-state index in [1.807, 2.05) is 24.3 Å². The Bertz CT molecular complexity index is 551. The largest absolute Gasteiger partial charge is 0.461 e. The van der Waals surface area contributed by atoms with Crippen LogP contribution in [0.25, 0.3) is 0 Å². The Labute approximate surface area is 119 Å². The molecule has 0 radical (unpaired) electrons. The fourth-order valence-electron chi connectivity index (χ4n) is 1.59. The van der Waals surface area contributed by atoms with Crippen LogP contribution >= 0.6 is 22.6 Å². The van der Waals surface area contributed by atoms with E-state index in [1.54, 1.807) is 6.92 Å². The SMILES string of the molecule is CCOC(=O)c1cnc(Cc2ccccc2I)[nH]1. The summed E-state index contributed by atoms with van der Waals surface area (Å²) in [4.78, 5) is 18.7. The van der Waals surface area contributed by atoms with Crippen molar-refractivity contribution in [1.82, 2.24) is 9.97 Å². The number of hydrogen-bond donors (Lipinski definition) is 1. The van der Waals surface area contributed by atoms with Crippen LogP contribution in [0.15, 0.2) is 30.5 Å². The molecule has 1 aromatic heterocycles. The number of imidazole rings is 1. The van der Waals surface area contributed by atoms with Crippen LogP contribution in [0.4, 0.5) is 0 Å². The maximum Gasteiger partial charge on any atom is 0.356 e. The number of carbonyl (C=O) groups excluding carboxylic acids is 1. The summed E-state index contributed by atoms with van der Waals surface area (Å²) < 4.78 is 6.09. The van der Waals surface area contributed by atoms with E-state index in [-0.39, 0.29) is 5.97 Å². The Balaban J connectivity index is 2.12. The number of benzene rings is 1. The number of esters is 1. The van der Waals surface area contributed by atoms with Crippen LogP contribution in [0.3, 0.4) is 0 Å². The quantitative estimate of drug-likeness (QED) is 0.677. The maximum absolute atomic E-state index is 11.5. The fraction of sp³-hybridized carbons (Fsp3) is 0.231. The number of nitrogens with zero attached hydrogens (tertiary/aromatic N) is 1. The van der Waals surface area contributed by atoms with Crippen molar-refractivity contribution in [2.24, 2.45) is 0 Å². The maximum atomic E-state index is 11.5. The monoisotopic (exact) mass is 356 g/mol. The number of rotatable bonds is 4. The molecule has 0 unspecified atom stereocenters. The van der Waals surface area contributed by atoms with Crippen molar-refractivity contribution >= 4 is 28.6 Å². The van der Waals surface area contributed by atoms with Gasteiger partial charge in [0.15, 0.2) is 0 Å². The van der Waals surface area contributed by atoms with Crippen molar-refractivity contribution in [3.05, 3.63) is 51.1 Å². The molecular formula is C13H13IN2O2. The van der Waals surface area contributed by atoms with E-state index in [2.05, 4.69) is 32.6 Å². The van der Waals surface area contributed by atoms with Gasteiger partial charge in [-0.15, -0.1) is 0 Å². The summed E-state index contributed by atoms with van der Waals surface area (Å²) in [6.45, 7) is 2.14. The number of aromatic amines is 1. The molecule has 0 saturated carbocycles. The second-order valence-electron chi connectivity index (χ2n) is 3.73. The van der Waals surface area contributed by atoms with Gasteiger partial charge in [0.2, 0.25) is 0 Å². The highest BCUT2D eigenvalue weighted by Crippen LogP contribution is 2.14. The first-order valence-electron chi connectivity index (χ1n) is 5.65. The van der Waals surface area contributed by atoms with Gasteiger partial charge in [0.1, 0.15) is 11.5 Å². The van der Waals surface area contributed by atoms with Gasteiger partial charge in [-0.05, 0) is 41.1 Å². The van der Waals surface area contributed by atoms with Gasteiger partial charge in [-0.2, -0.15) is 0 Å². The van der Waals surface area contributed by atoms with Gasteiger partial charge in [-0.1, -0.05) is 18.2 Å². The first kappa shape index (κ1) is 13.1. The smallest absolute Gasteiger partial charge is 0.356 e. The first-order valence-corrected chi connectivity index (χ1v) is 6.73. The van der Waals surface area contributed by atoms with Gasteiger partial charge in [0.25, 0.3) is 0 Å². The Kier molecular flexibility index (Phi) is 4.35. The van der Waals surface area contributed by atoms with E-state index < -0.39 is 0 Å². The number of ether oxygens (including phenoxy) is 1. The van der Waals surface area contributed by atoms with E-state index in [9.17, 15) is 4.79 Å². The van der Waals surface area contributed by atoms with Crippen molar-refractivity contribution in [3.8, 4) is 0 Å². The third kappa shape index (κ3) is 3.10. The molecule has 0 spiro atoms. The lowest BCUT2D eigenvalue weighted by atomic mass is 10.1. The first-order chi connectivity index (χ1) is 8.70. The molecule has 5 heteroatoms. The zero-order chi connectivity index (χ0) is 13.0. The molecule has 2 rings (SSSR count). The van der Waals surface area contributed by atoms with Crippen LogP contribution in [0.2, 0.25) is 0 Å². The second-order valence-corrected chi connectivity index (χ2v) is 4.89. The van der Waals surface area contributed by atoms with Crippen LogP contribution in [-0.2, 0) is 11.2 Å². The summed E-state index contributed by atoms with van der Waals surface area (Å²) in [5.41, 5.74) is 1.58. The molecule has 0 atom stereocenters. The zero-order valence-electron chi connectivity index (χ0n) is 9.94. The van der Waals surface area contributed by atoms with E-state index in [0.717, 1.165) is 5.82 Å². The van der Waals surface area contributed by atoms with Crippen molar-refractivity contribution in [2.45, 2.75) is 13.3 Å². The predicted molar refractivity (Wildman–Crippen MR) is 76.5 cm³/mol. The number of aromatic nitrogens is 2. The summed E-state index contributed by atoms with van der Waals surface area (Å²) in [7, 11) is 0. The lowest BCUT2D eigenvalue weighted by Gasteiger charge is -2.01. The normalized spacial score (nSPS) is 10.3. The number of nitrogens with one attached hydrogen (secondary N) is 1. The van der Waals surface area contributed by atoms with E-state index >= 15 is 0 Å². The van der Waals surface area contributed by atoms with E-state index in [0.29, 0.717) is 18.7 Å². The molecule has 2 aromatic rings. The highest BCUT2D eigenvalue weighted by molar-refractivity contribution is 14.1. The Morgan fingerprint density at radius 3 is 2.94 bits per heavy atom. The minimum absolute atomic E-state index is 0.362. The molecule has 1 heterocycles. The van der Waals surface area contributed by atoms with Gasteiger partial charge in [-0.25, -0.2) is 9.78 Å². The summed E-state index contributed by atoms with van der Waals surface area (Å²) in [5.74, 6) is 0.404. The summed E-state index contributed by atoms with van der Waals surface area (Å²) >= 11 is 2.29. The third-order valence-corrected chi connectivity index (χ3v) is 3.49.